The summed E-state index contributed by atoms with van der Waals surface area (Å²) in [5.41, 5.74) is 1.76. The van der Waals surface area contributed by atoms with Gasteiger partial charge < -0.3 is 4.57 Å². The Morgan fingerprint density at radius 3 is 2.75 bits per heavy atom. The molecule has 0 saturated heterocycles. The fourth-order valence-electron chi connectivity index (χ4n) is 2.86. The van der Waals surface area contributed by atoms with Gasteiger partial charge in [-0.15, -0.1) is 15.3 Å². The van der Waals surface area contributed by atoms with E-state index >= 15 is 0 Å². The average Bonchev–Trinajstić information content (AvgIpc) is 3.03. The van der Waals surface area contributed by atoms with Crippen LogP contribution in [0.3, 0.4) is 0 Å². The van der Waals surface area contributed by atoms with Gasteiger partial charge in [0.2, 0.25) is 0 Å². The van der Waals surface area contributed by atoms with Crippen molar-refractivity contribution in [1.82, 2.24) is 29.9 Å². The second-order valence-corrected chi connectivity index (χ2v) is 6.41. The van der Waals surface area contributed by atoms with Gasteiger partial charge in [-0.25, -0.2) is 0 Å². The lowest BCUT2D eigenvalue weighted by molar-refractivity contribution is 0.209. The smallest absolute Gasteiger partial charge is 0.184 e. The van der Waals surface area contributed by atoms with E-state index in [1.165, 1.54) is 0 Å². The minimum Gasteiger partial charge on any atom is -0.307 e. The molecule has 1 aromatic carbocycles. The van der Waals surface area contributed by atoms with E-state index in [-0.39, 0.29) is 0 Å². The van der Waals surface area contributed by atoms with Gasteiger partial charge in [0.25, 0.3) is 0 Å². The maximum atomic E-state index is 6.29. The molecule has 122 valence electrons. The third kappa shape index (κ3) is 2.88. The second kappa shape index (κ2) is 6.47. The third-order valence-corrected chi connectivity index (χ3v) is 4.92. The molecule has 4 rings (SSSR count). The Balaban J connectivity index is 1.55. The van der Waals surface area contributed by atoms with Crippen LogP contribution in [-0.4, -0.2) is 36.4 Å². The number of hydrogen-bond donors (Lipinski definition) is 0. The van der Waals surface area contributed by atoms with Crippen LogP contribution < -0.4 is 0 Å². The first-order valence-corrected chi connectivity index (χ1v) is 8.33. The zero-order valence-electron chi connectivity index (χ0n) is 12.7. The predicted molar refractivity (Wildman–Crippen MR) is 91.6 cm³/mol. The highest BCUT2D eigenvalue weighted by Crippen LogP contribution is 2.28. The molecule has 0 atom stereocenters. The molecule has 24 heavy (non-hydrogen) atoms. The highest BCUT2D eigenvalue weighted by atomic mass is 35.5. The van der Waals surface area contributed by atoms with Gasteiger partial charge in [-0.05, 0) is 23.8 Å². The summed E-state index contributed by atoms with van der Waals surface area (Å²) < 4.78 is 2.10. The van der Waals surface area contributed by atoms with Gasteiger partial charge in [0, 0.05) is 25.8 Å². The maximum Gasteiger partial charge on any atom is 0.184 e. The van der Waals surface area contributed by atoms with Crippen molar-refractivity contribution in [2.45, 2.75) is 19.6 Å². The van der Waals surface area contributed by atoms with E-state index in [2.05, 4.69) is 29.9 Å². The van der Waals surface area contributed by atoms with Gasteiger partial charge in [0.15, 0.2) is 5.82 Å². The molecule has 0 N–H and O–H groups in total. The molecule has 1 aliphatic heterocycles. The summed E-state index contributed by atoms with van der Waals surface area (Å²) in [6.07, 6.45) is 1.65. The Morgan fingerprint density at radius 2 is 1.92 bits per heavy atom. The molecule has 0 bridgehead atoms. The molecule has 3 heterocycles. The lowest BCUT2D eigenvalue weighted by Gasteiger charge is -2.28. The van der Waals surface area contributed by atoms with E-state index in [0.717, 1.165) is 42.5 Å². The lowest BCUT2D eigenvalue weighted by atomic mass is 10.2. The van der Waals surface area contributed by atoms with Crippen molar-refractivity contribution in [2.75, 3.05) is 6.54 Å². The van der Waals surface area contributed by atoms with Crippen LogP contribution in [0.15, 0.2) is 36.5 Å². The topological polar surface area (TPSA) is 59.7 Å². The van der Waals surface area contributed by atoms with Crippen LogP contribution in [0.5, 0.6) is 0 Å². The van der Waals surface area contributed by atoms with Gasteiger partial charge in [-0.2, -0.15) is 5.10 Å². The summed E-state index contributed by atoms with van der Waals surface area (Å²) in [4.78, 5) is 2.28. The first-order valence-electron chi connectivity index (χ1n) is 7.58. The van der Waals surface area contributed by atoms with E-state index in [9.17, 15) is 0 Å². The van der Waals surface area contributed by atoms with Gasteiger partial charge in [-0.1, -0.05) is 35.3 Å². The van der Waals surface area contributed by atoms with Gasteiger partial charge >= 0.3 is 0 Å². The molecular weight excluding hydrogens is 347 g/mol. The Kier molecular flexibility index (Phi) is 4.18. The molecule has 1 aliphatic rings. The molecule has 0 amide bonds. The minimum atomic E-state index is 0.583. The lowest BCUT2D eigenvalue weighted by Crippen LogP contribution is -2.33. The van der Waals surface area contributed by atoms with Crippen molar-refractivity contribution >= 4 is 23.2 Å². The van der Waals surface area contributed by atoms with Crippen LogP contribution in [0.1, 0.15) is 11.4 Å². The number of hydrogen-bond acceptors (Lipinski definition) is 5. The molecule has 0 aliphatic carbocycles. The van der Waals surface area contributed by atoms with E-state index in [4.69, 9.17) is 23.2 Å². The molecule has 0 radical (unpaired) electrons. The van der Waals surface area contributed by atoms with Crippen molar-refractivity contribution in [2.24, 2.45) is 0 Å². The molecule has 0 unspecified atom stereocenters. The molecular formula is C16H14Cl2N6. The van der Waals surface area contributed by atoms with Crippen molar-refractivity contribution in [3.05, 3.63) is 58.0 Å². The predicted octanol–water partition coefficient (Wildman–Crippen LogP) is 3.06. The summed E-state index contributed by atoms with van der Waals surface area (Å²) >= 11 is 12.4. The molecule has 2 aromatic heterocycles. The number of halogens is 2. The summed E-state index contributed by atoms with van der Waals surface area (Å²) in [6.45, 7) is 3.11. The number of benzene rings is 1. The summed E-state index contributed by atoms with van der Waals surface area (Å²) in [5.74, 6) is 1.68. The zero-order chi connectivity index (χ0) is 16.5. The number of rotatable bonds is 3. The molecule has 0 fully saturated rings. The molecule has 0 spiro atoms. The van der Waals surface area contributed by atoms with Gasteiger partial charge in [0.1, 0.15) is 11.5 Å². The van der Waals surface area contributed by atoms with Crippen molar-refractivity contribution in [1.29, 1.82) is 0 Å². The van der Waals surface area contributed by atoms with E-state index in [1.807, 2.05) is 24.3 Å². The normalized spacial score (nSPS) is 14.6. The minimum absolute atomic E-state index is 0.583. The van der Waals surface area contributed by atoms with Crippen LogP contribution in [0.25, 0.3) is 11.5 Å². The molecule has 0 saturated carbocycles. The second-order valence-electron chi connectivity index (χ2n) is 5.62. The largest absolute Gasteiger partial charge is 0.307 e. The maximum absolute atomic E-state index is 6.29. The first kappa shape index (κ1) is 15.5. The quantitative estimate of drug-likeness (QED) is 0.718. The van der Waals surface area contributed by atoms with Crippen molar-refractivity contribution in [3.63, 3.8) is 0 Å². The molecule has 8 heteroatoms. The van der Waals surface area contributed by atoms with Gasteiger partial charge in [-0.3, -0.25) is 4.90 Å². The highest BCUT2D eigenvalue weighted by Gasteiger charge is 2.23. The molecule has 3 aromatic rings. The van der Waals surface area contributed by atoms with Crippen LogP contribution in [0.4, 0.5) is 0 Å². The number of aromatic nitrogens is 5. The average molecular weight is 361 g/mol. The Hall–Kier alpha value is -2.02. The number of nitrogens with zero attached hydrogens (tertiary/aromatic N) is 6. The fraction of sp³-hybridized carbons (Fsp3) is 0.250. The zero-order valence-corrected chi connectivity index (χ0v) is 14.2. The van der Waals surface area contributed by atoms with Crippen LogP contribution >= 0.6 is 23.2 Å². The fourth-order valence-corrected chi connectivity index (χ4v) is 3.24. The van der Waals surface area contributed by atoms with Gasteiger partial charge in [0.05, 0.1) is 16.6 Å². The number of fused-ring (bicyclic) bond motifs is 1. The molecule has 6 nitrogen and oxygen atoms in total. The van der Waals surface area contributed by atoms with E-state index in [1.54, 1.807) is 12.3 Å². The standard InChI is InChI=1S/C16H14Cl2N6/c17-12-4-1-3-11(15(12)18)9-23-7-8-24-14(10-23)21-22-16(24)13-5-2-6-19-20-13/h1-6H,7-10H2. The monoisotopic (exact) mass is 360 g/mol. The summed E-state index contributed by atoms with van der Waals surface area (Å²) in [5, 5.41) is 17.8. The van der Waals surface area contributed by atoms with Crippen LogP contribution in [-0.2, 0) is 19.6 Å². The van der Waals surface area contributed by atoms with Crippen molar-refractivity contribution < 1.29 is 0 Å². The van der Waals surface area contributed by atoms with Crippen LogP contribution in [0.2, 0.25) is 10.0 Å². The Labute approximate surface area is 149 Å². The highest BCUT2D eigenvalue weighted by molar-refractivity contribution is 6.42. The first-order chi connectivity index (χ1) is 11.7. The summed E-state index contributed by atoms with van der Waals surface area (Å²) in [7, 11) is 0. The van der Waals surface area contributed by atoms with Crippen LogP contribution in [0, 0.1) is 0 Å². The van der Waals surface area contributed by atoms with E-state index < -0.39 is 0 Å². The Morgan fingerprint density at radius 1 is 1.00 bits per heavy atom. The summed E-state index contributed by atoms with van der Waals surface area (Å²) in [6, 6.07) is 9.46. The Bertz CT molecular complexity index is 864. The van der Waals surface area contributed by atoms with Crippen molar-refractivity contribution in [3.8, 4) is 11.5 Å². The van der Waals surface area contributed by atoms with E-state index in [0.29, 0.717) is 16.6 Å². The SMILES string of the molecule is Clc1cccc(CN2CCn3c(nnc3-c3cccnn3)C2)c1Cl. The third-order valence-electron chi connectivity index (χ3n) is 4.06.